The molecule has 0 saturated heterocycles. The highest BCUT2D eigenvalue weighted by Crippen LogP contribution is 2.46. The molecule has 1 amide bonds. The van der Waals surface area contributed by atoms with E-state index in [1.54, 1.807) is 0 Å². The number of aryl methyl sites for hydroxylation is 1. The predicted molar refractivity (Wildman–Crippen MR) is 72.1 cm³/mol. The van der Waals surface area contributed by atoms with Crippen LogP contribution in [0, 0.1) is 12.8 Å². The molecular weight excluding hydrogens is 302 g/mol. The maximum atomic E-state index is 15.4. The molecule has 8 heteroatoms. The van der Waals surface area contributed by atoms with Crippen molar-refractivity contribution in [2.45, 2.75) is 18.8 Å². The molecule has 4 nitrogen and oxygen atoms in total. The number of amides is 1. The Morgan fingerprint density at radius 1 is 1.36 bits per heavy atom. The van der Waals surface area contributed by atoms with Crippen LogP contribution in [0.5, 0.6) is 0 Å². The first-order valence-corrected chi connectivity index (χ1v) is 6.26. The van der Waals surface area contributed by atoms with Gasteiger partial charge in [-0.2, -0.15) is 13.2 Å². The summed E-state index contributed by atoms with van der Waals surface area (Å²) in [4.78, 5) is 15.0. The van der Waals surface area contributed by atoms with Gasteiger partial charge in [0.25, 0.3) is 0 Å². The smallest absolute Gasteiger partial charge is 0.398 e. The summed E-state index contributed by atoms with van der Waals surface area (Å²) < 4.78 is 54.2. The van der Waals surface area contributed by atoms with Crippen molar-refractivity contribution in [3.05, 3.63) is 47.3 Å². The monoisotopic (exact) mass is 315 g/mol. The zero-order valence-electron chi connectivity index (χ0n) is 11.5. The molecule has 2 rings (SSSR count). The summed E-state index contributed by atoms with van der Waals surface area (Å²) in [6.45, 7) is 1.32. The third-order valence-corrected chi connectivity index (χ3v) is 3.51. The van der Waals surface area contributed by atoms with Crippen LogP contribution in [-0.2, 0) is 16.6 Å². The van der Waals surface area contributed by atoms with Crippen LogP contribution in [0.2, 0.25) is 0 Å². The molecule has 0 spiro atoms. The molecule has 4 N–H and O–H groups in total. The highest BCUT2D eigenvalue weighted by atomic mass is 19.4. The number of hydrogen-bond acceptors (Lipinski definition) is 3. The number of aromatic nitrogens is 1. The average molecular weight is 315 g/mol. The first kappa shape index (κ1) is 16.0. The highest BCUT2D eigenvalue weighted by molar-refractivity contribution is 5.82. The van der Waals surface area contributed by atoms with Crippen LogP contribution >= 0.6 is 0 Å². The van der Waals surface area contributed by atoms with Gasteiger partial charge in [-0.05, 0) is 13.0 Å². The van der Waals surface area contributed by atoms with Crippen molar-refractivity contribution >= 4 is 11.6 Å². The Labute approximate surface area is 123 Å². The van der Waals surface area contributed by atoms with Gasteiger partial charge in [0.15, 0.2) is 5.67 Å². The van der Waals surface area contributed by atoms with Crippen LogP contribution in [0.4, 0.5) is 23.2 Å². The number of hydrogen-bond donors (Lipinski definition) is 2. The van der Waals surface area contributed by atoms with Crippen LogP contribution < -0.4 is 11.5 Å². The number of nitrogens with two attached hydrogens (primary N) is 2. The second-order valence-electron chi connectivity index (χ2n) is 4.94. The van der Waals surface area contributed by atoms with Crippen molar-refractivity contribution in [3.8, 4) is 0 Å². The second kappa shape index (κ2) is 5.11. The minimum atomic E-state index is -4.79. The first-order chi connectivity index (χ1) is 10.1. The van der Waals surface area contributed by atoms with Crippen LogP contribution in [0.1, 0.15) is 16.8 Å². The van der Waals surface area contributed by atoms with Crippen molar-refractivity contribution in [1.29, 1.82) is 0 Å². The van der Waals surface area contributed by atoms with E-state index in [1.165, 1.54) is 25.2 Å². The molecule has 0 bridgehead atoms. The van der Waals surface area contributed by atoms with Gasteiger partial charge in [-0.1, -0.05) is 18.2 Å². The Balaban J connectivity index is 2.73. The number of allylic oxidation sites excluding steroid dienone is 3. The van der Waals surface area contributed by atoms with E-state index in [-0.39, 0.29) is 5.69 Å². The zero-order chi connectivity index (χ0) is 16.7. The van der Waals surface area contributed by atoms with E-state index < -0.39 is 40.5 Å². The quantitative estimate of drug-likeness (QED) is 0.822. The summed E-state index contributed by atoms with van der Waals surface area (Å²) in [5, 5.41) is 0. The zero-order valence-corrected chi connectivity index (χ0v) is 11.5. The van der Waals surface area contributed by atoms with E-state index in [9.17, 15) is 18.0 Å². The van der Waals surface area contributed by atoms with E-state index in [1.807, 2.05) is 0 Å². The number of halogens is 4. The fourth-order valence-corrected chi connectivity index (χ4v) is 2.49. The molecule has 0 saturated carbocycles. The summed E-state index contributed by atoms with van der Waals surface area (Å²) >= 11 is 0. The molecule has 0 aliphatic heterocycles. The SMILES string of the molecule is Cc1ncc(C(F)(F)F)c(N)c1C1(F)C=CC=CC1C(N)=O. The Morgan fingerprint density at radius 3 is 2.55 bits per heavy atom. The fraction of sp³-hybridized carbons (Fsp3) is 0.286. The van der Waals surface area contributed by atoms with Gasteiger partial charge in [-0.15, -0.1) is 0 Å². The van der Waals surface area contributed by atoms with Crippen molar-refractivity contribution < 1.29 is 22.4 Å². The van der Waals surface area contributed by atoms with E-state index in [0.717, 1.165) is 6.08 Å². The molecule has 2 atom stereocenters. The average Bonchev–Trinajstić information content (AvgIpc) is 2.36. The summed E-state index contributed by atoms with van der Waals surface area (Å²) in [5.74, 6) is -2.48. The number of alkyl halides is 4. The maximum Gasteiger partial charge on any atom is 0.419 e. The number of rotatable bonds is 2. The summed E-state index contributed by atoms with van der Waals surface area (Å²) in [6.07, 6.45) is 0.564. The number of primary amides is 1. The molecule has 1 aliphatic rings. The van der Waals surface area contributed by atoms with Crippen LogP contribution in [-0.4, -0.2) is 10.9 Å². The van der Waals surface area contributed by atoms with Gasteiger partial charge in [0.1, 0.15) is 0 Å². The molecule has 1 aliphatic carbocycles. The number of anilines is 1. The minimum Gasteiger partial charge on any atom is -0.398 e. The van der Waals surface area contributed by atoms with Crippen LogP contribution in [0.15, 0.2) is 30.5 Å². The highest BCUT2D eigenvalue weighted by Gasteiger charge is 2.46. The van der Waals surface area contributed by atoms with Gasteiger partial charge in [-0.3, -0.25) is 9.78 Å². The lowest BCUT2D eigenvalue weighted by atomic mass is 9.77. The Kier molecular flexibility index (Phi) is 3.72. The van der Waals surface area contributed by atoms with E-state index in [2.05, 4.69) is 4.98 Å². The number of nitrogen functional groups attached to an aromatic ring is 1. The van der Waals surface area contributed by atoms with Gasteiger partial charge in [0.05, 0.1) is 17.2 Å². The van der Waals surface area contributed by atoms with Crippen molar-refractivity contribution in [2.24, 2.45) is 11.7 Å². The van der Waals surface area contributed by atoms with Gasteiger partial charge in [-0.25, -0.2) is 4.39 Å². The van der Waals surface area contributed by atoms with E-state index >= 15 is 4.39 Å². The lowest BCUT2D eigenvalue weighted by Crippen LogP contribution is -2.40. The Bertz CT molecular complexity index is 681. The van der Waals surface area contributed by atoms with Gasteiger partial charge >= 0.3 is 6.18 Å². The van der Waals surface area contributed by atoms with Crippen molar-refractivity contribution in [2.75, 3.05) is 5.73 Å². The number of carbonyl (C=O) groups is 1. The van der Waals surface area contributed by atoms with Gasteiger partial charge < -0.3 is 11.5 Å². The molecular formula is C14H13F4N3O. The molecule has 22 heavy (non-hydrogen) atoms. The van der Waals surface area contributed by atoms with Crippen molar-refractivity contribution in [3.63, 3.8) is 0 Å². The molecule has 0 aromatic carbocycles. The molecule has 118 valence electrons. The lowest BCUT2D eigenvalue weighted by molar-refractivity contribution is -0.137. The van der Waals surface area contributed by atoms with Gasteiger partial charge in [0.2, 0.25) is 5.91 Å². The third-order valence-electron chi connectivity index (χ3n) is 3.51. The largest absolute Gasteiger partial charge is 0.419 e. The van der Waals surface area contributed by atoms with Crippen LogP contribution in [0.25, 0.3) is 0 Å². The maximum absolute atomic E-state index is 15.4. The molecule has 1 aromatic heterocycles. The normalized spacial score (nSPS) is 24.5. The molecule has 1 heterocycles. The van der Waals surface area contributed by atoms with Crippen molar-refractivity contribution in [1.82, 2.24) is 4.98 Å². The third kappa shape index (κ3) is 2.44. The fourth-order valence-electron chi connectivity index (χ4n) is 2.49. The summed E-state index contributed by atoms with van der Waals surface area (Å²) in [7, 11) is 0. The number of pyridine rings is 1. The standard InChI is InChI=1S/C14H13F4N3O/c1-7-10(11(19)9(6-21-7)14(16,17)18)13(15)5-3-2-4-8(13)12(20)22/h2-6,8H,1H3,(H2,19,21)(H2,20,22). The summed E-state index contributed by atoms with van der Waals surface area (Å²) in [5.41, 5.74) is 5.53. The summed E-state index contributed by atoms with van der Waals surface area (Å²) in [6, 6.07) is 0. The Hall–Kier alpha value is -2.38. The Morgan fingerprint density at radius 2 is 2.00 bits per heavy atom. The van der Waals surface area contributed by atoms with Crippen LogP contribution in [0.3, 0.4) is 0 Å². The first-order valence-electron chi connectivity index (χ1n) is 6.26. The molecule has 2 unspecified atom stereocenters. The van der Waals surface area contributed by atoms with E-state index in [0.29, 0.717) is 6.20 Å². The second-order valence-corrected chi connectivity index (χ2v) is 4.94. The topological polar surface area (TPSA) is 82.0 Å². The van der Waals surface area contributed by atoms with Gasteiger partial charge in [0, 0.05) is 17.5 Å². The molecule has 1 aromatic rings. The molecule has 0 radical (unpaired) electrons. The molecule has 0 fully saturated rings. The number of nitrogens with zero attached hydrogens (tertiary/aromatic N) is 1. The lowest BCUT2D eigenvalue weighted by Gasteiger charge is -2.32. The number of carbonyl (C=O) groups excluding carboxylic acids is 1. The minimum absolute atomic E-state index is 0.0424. The van der Waals surface area contributed by atoms with E-state index in [4.69, 9.17) is 11.5 Å². The predicted octanol–water partition coefficient (Wildman–Crippen LogP) is 2.38.